The first-order chi connectivity index (χ1) is 10.9. The zero-order valence-electron chi connectivity index (χ0n) is 13.8. The van der Waals surface area contributed by atoms with Crippen molar-refractivity contribution >= 4 is 11.9 Å². The van der Waals surface area contributed by atoms with Crippen molar-refractivity contribution in [1.82, 2.24) is 5.32 Å². The average molecular weight is 318 g/mol. The fraction of sp³-hybridized carbons (Fsp3) is 0.588. The number of aryl methyl sites for hydroxylation is 2. The van der Waals surface area contributed by atoms with Gasteiger partial charge < -0.3 is 14.5 Å². The minimum atomic E-state index is -0.968. The molecule has 1 saturated carbocycles. The van der Waals surface area contributed by atoms with Crippen molar-refractivity contribution in [3.8, 4) is 6.07 Å². The number of nitrogens with one attached hydrogen (secondary N) is 1. The second-order valence-electron chi connectivity index (χ2n) is 6.12. The van der Waals surface area contributed by atoms with Crippen molar-refractivity contribution in [1.29, 1.82) is 5.26 Å². The first-order valence-electron chi connectivity index (χ1n) is 7.88. The van der Waals surface area contributed by atoms with Gasteiger partial charge in [0.25, 0.3) is 5.91 Å². The van der Waals surface area contributed by atoms with Gasteiger partial charge in [-0.05, 0) is 39.7 Å². The molecule has 23 heavy (non-hydrogen) atoms. The number of hydrogen-bond acceptors (Lipinski definition) is 5. The van der Waals surface area contributed by atoms with Crippen molar-refractivity contribution in [2.45, 2.75) is 64.5 Å². The Kier molecular flexibility index (Phi) is 5.09. The molecule has 1 aromatic rings. The summed E-state index contributed by atoms with van der Waals surface area (Å²) < 4.78 is 10.5. The quantitative estimate of drug-likeness (QED) is 0.862. The number of esters is 1. The standard InChI is InChI=1S/C17H22N2O4/c1-11-9-14(12(2)22-11)16(21)23-13(3)15(20)19-17(10-18)7-5-4-6-8-17/h9,13H,4-8H2,1-3H3,(H,19,20)/t13-/m1/s1. The molecule has 1 aliphatic carbocycles. The molecule has 0 bridgehead atoms. The minimum absolute atomic E-state index is 0.315. The first kappa shape index (κ1) is 17.1. The number of nitrogens with zero attached hydrogens (tertiary/aromatic N) is 1. The van der Waals surface area contributed by atoms with Crippen LogP contribution in [0.15, 0.2) is 10.5 Å². The predicted octanol–water partition coefficient (Wildman–Crippen LogP) is 2.78. The van der Waals surface area contributed by atoms with E-state index in [0.717, 1.165) is 19.3 Å². The summed E-state index contributed by atoms with van der Waals surface area (Å²) in [5.41, 5.74) is -0.521. The third kappa shape index (κ3) is 3.92. The van der Waals surface area contributed by atoms with Gasteiger partial charge in [0.15, 0.2) is 6.10 Å². The Morgan fingerprint density at radius 3 is 2.52 bits per heavy atom. The summed E-state index contributed by atoms with van der Waals surface area (Å²) in [6.07, 6.45) is 3.20. The number of amides is 1. The van der Waals surface area contributed by atoms with Crippen molar-refractivity contribution in [3.63, 3.8) is 0 Å². The van der Waals surface area contributed by atoms with Crippen LogP contribution >= 0.6 is 0 Å². The lowest BCUT2D eigenvalue weighted by atomic mass is 9.83. The van der Waals surface area contributed by atoms with E-state index in [1.165, 1.54) is 6.92 Å². The summed E-state index contributed by atoms with van der Waals surface area (Å²) >= 11 is 0. The van der Waals surface area contributed by atoms with Crippen LogP contribution in [0.3, 0.4) is 0 Å². The summed E-state index contributed by atoms with van der Waals surface area (Å²) in [6, 6.07) is 3.80. The zero-order valence-corrected chi connectivity index (χ0v) is 13.8. The second kappa shape index (κ2) is 6.86. The summed E-state index contributed by atoms with van der Waals surface area (Å²) in [5.74, 6) is 0.0226. The third-order valence-corrected chi connectivity index (χ3v) is 4.20. The van der Waals surface area contributed by atoms with Gasteiger partial charge in [0.2, 0.25) is 0 Å². The SMILES string of the molecule is Cc1cc(C(=O)O[C@H](C)C(=O)NC2(C#N)CCCCC2)c(C)o1. The van der Waals surface area contributed by atoms with E-state index in [-0.39, 0.29) is 0 Å². The van der Waals surface area contributed by atoms with E-state index in [1.54, 1.807) is 19.9 Å². The monoisotopic (exact) mass is 318 g/mol. The van der Waals surface area contributed by atoms with E-state index >= 15 is 0 Å². The Bertz CT molecular complexity index is 636. The number of carbonyl (C=O) groups is 2. The lowest BCUT2D eigenvalue weighted by molar-refractivity contribution is -0.130. The van der Waals surface area contributed by atoms with Gasteiger partial charge in [-0.1, -0.05) is 19.3 Å². The van der Waals surface area contributed by atoms with Crippen LogP contribution in [0.4, 0.5) is 0 Å². The largest absolute Gasteiger partial charge is 0.466 e. The molecule has 0 radical (unpaired) electrons. The lowest BCUT2D eigenvalue weighted by Gasteiger charge is -2.32. The molecule has 0 unspecified atom stereocenters. The molecule has 6 nitrogen and oxygen atoms in total. The normalized spacial score (nSPS) is 17.8. The summed E-state index contributed by atoms with van der Waals surface area (Å²) in [5, 5.41) is 12.1. The van der Waals surface area contributed by atoms with Crippen molar-refractivity contribution in [2.75, 3.05) is 0 Å². The maximum absolute atomic E-state index is 12.3. The predicted molar refractivity (Wildman–Crippen MR) is 82.6 cm³/mol. The number of rotatable bonds is 4. The molecule has 6 heteroatoms. The van der Waals surface area contributed by atoms with E-state index in [2.05, 4.69) is 11.4 Å². The van der Waals surface area contributed by atoms with Crippen LogP contribution in [-0.2, 0) is 9.53 Å². The minimum Gasteiger partial charge on any atom is -0.466 e. The van der Waals surface area contributed by atoms with Gasteiger partial charge in [-0.15, -0.1) is 0 Å². The van der Waals surface area contributed by atoms with Gasteiger partial charge in [-0.3, -0.25) is 4.79 Å². The van der Waals surface area contributed by atoms with Crippen LogP contribution in [0.2, 0.25) is 0 Å². The van der Waals surface area contributed by atoms with E-state index in [9.17, 15) is 14.9 Å². The highest BCUT2D eigenvalue weighted by Gasteiger charge is 2.35. The molecule has 2 rings (SSSR count). The molecule has 0 aliphatic heterocycles. The Labute approximate surface area is 135 Å². The third-order valence-electron chi connectivity index (χ3n) is 4.20. The molecular formula is C17H22N2O4. The molecule has 1 fully saturated rings. The van der Waals surface area contributed by atoms with E-state index < -0.39 is 23.5 Å². The number of carbonyl (C=O) groups excluding carboxylic acids is 2. The maximum atomic E-state index is 12.3. The van der Waals surface area contributed by atoms with Crippen LogP contribution in [0.25, 0.3) is 0 Å². The molecular weight excluding hydrogens is 296 g/mol. The summed E-state index contributed by atoms with van der Waals surface area (Å²) in [7, 11) is 0. The summed E-state index contributed by atoms with van der Waals surface area (Å²) in [4.78, 5) is 24.4. The van der Waals surface area contributed by atoms with Crippen molar-refractivity contribution in [2.24, 2.45) is 0 Å². The lowest BCUT2D eigenvalue weighted by Crippen LogP contribution is -2.52. The van der Waals surface area contributed by atoms with Crippen molar-refractivity contribution in [3.05, 3.63) is 23.2 Å². The molecule has 0 aromatic carbocycles. The zero-order chi connectivity index (χ0) is 17.0. The molecule has 1 atom stereocenters. The van der Waals surface area contributed by atoms with Crippen molar-refractivity contribution < 1.29 is 18.7 Å². The highest BCUT2D eigenvalue weighted by molar-refractivity contribution is 5.93. The summed E-state index contributed by atoms with van der Waals surface area (Å²) in [6.45, 7) is 4.91. The van der Waals surface area contributed by atoms with Gasteiger partial charge in [0, 0.05) is 0 Å². The van der Waals surface area contributed by atoms with Gasteiger partial charge in [-0.25, -0.2) is 4.79 Å². The fourth-order valence-electron chi connectivity index (χ4n) is 2.87. The van der Waals surface area contributed by atoms with Crippen LogP contribution in [0, 0.1) is 25.2 Å². The smallest absolute Gasteiger partial charge is 0.342 e. The van der Waals surface area contributed by atoms with Gasteiger partial charge >= 0.3 is 5.97 Å². The molecule has 1 aliphatic rings. The molecule has 1 amide bonds. The number of nitriles is 1. The number of furan rings is 1. The van der Waals surface area contributed by atoms with Gasteiger partial charge in [0.1, 0.15) is 22.6 Å². The number of hydrogen-bond donors (Lipinski definition) is 1. The molecule has 0 spiro atoms. The first-order valence-corrected chi connectivity index (χ1v) is 7.88. The van der Waals surface area contributed by atoms with Crippen LogP contribution < -0.4 is 5.32 Å². The van der Waals surface area contributed by atoms with E-state index in [4.69, 9.17) is 9.15 Å². The van der Waals surface area contributed by atoms with Crippen LogP contribution in [-0.4, -0.2) is 23.5 Å². The Morgan fingerprint density at radius 2 is 2.00 bits per heavy atom. The van der Waals surface area contributed by atoms with Crippen LogP contribution in [0.1, 0.15) is 60.9 Å². The maximum Gasteiger partial charge on any atom is 0.342 e. The Hall–Kier alpha value is -2.29. The van der Waals surface area contributed by atoms with E-state index in [0.29, 0.717) is 29.9 Å². The van der Waals surface area contributed by atoms with Gasteiger partial charge in [-0.2, -0.15) is 5.26 Å². The highest BCUT2D eigenvalue weighted by Crippen LogP contribution is 2.27. The molecule has 1 aromatic heterocycles. The second-order valence-corrected chi connectivity index (χ2v) is 6.12. The molecule has 1 heterocycles. The highest BCUT2D eigenvalue weighted by atomic mass is 16.5. The Balaban J connectivity index is 1.98. The van der Waals surface area contributed by atoms with E-state index in [1.807, 2.05) is 0 Å². The van der Waals surface area contributed by atoms with Crippen LogP contribution in [0.5, 0.6) is 0 Å². The topological polar surface area (TPSA) is 92.3 Å². The molecule has 124 valence electrons. The Morgan fingerprint density at radius 1 is 1.35 bits per heavy atom. The number of ether oxygens (including phenoxy) is 1. The molecule has 1 N–H and O–H groups in total. The fourth-order valence-corrected chi connectivity index (χ4v) is 2.87. The average Bonchev–Trinajstić information content (AvgIpc) is 2.86. The molecule has 0 saturated heterocycles. The van der Waals surface area contributed by atoms with Gasteiger partial charge in [0.05, 0.1) is 6.07 Å².